The lowest BCUT2D eigenvalue weighted by Gasteiger charge is -2.40. The highest BCUT2D eigenvalue weighted by molar-refractivity contribution is 7.89. The smallest absolute Gasteiger partial charge is 0.381 e. The van der Waals surface area contributed by atoms with Crippen LogP contribution in [0.2, 0.25) is 0 Å². The molecule has 2 fully saturated rings. The fourth-order valence-electron chi connectivity index (χ4n) is 3.32. The van der Waals surface area contributed by atoms with E-state index in [0.717, 1.165) is 17.5 Å². The first-order valence-corrected chi connectivity index (χ1v) is 9.57. The highest BCUT2D eigenvalue weighted by Crippen LogP contribution is 2.30. The summed E-state index contributed by atoms with van der Waals surface area (Å²) in [5.41, 5.74) is -1.20. The first kappa shape index (κ1) is 18.6. The van der Waals surface area contributed by atoms with Crippen molar-refractivity contribution in [1.82, 2.24) is 19.0 Å². The molecule has 0 N–H and O–H groups in total. The minimum Gasteiger partial charge on any atom is -0.381 e. The maximum Gasteiger partial charge on any atom is 0.435 e. The van der Waals surface area contributed by atoms with Crippen molar-refractivity contribution in [3.63, 3.8) is 0 Å². The Kier molecular flexibility index (Phi) is 5.11. The molecule has 142 valence electrons. The number of ether oxygens (including phenoxy) is 1. The molecule has 0 atom stereocenters. The maximum atomic E-state index is 12.8. The van der Waals surface area contributed by atoms with Gasteiger partial charge in [0, 0.05) is 58.5 Å². The third-order valence-corrected chi connectivity index (χ3v) is 6.67. The number of aromatic nitrogens is 2. The van der Waals surface area contributed by atoms with E-state index in [1.807, 2.05) is 0 Å². The summed E-state index contributed by atoms with van der Waals surface area (Å²) in [6.45, 7) is 3.05. The zero-order valence-corrected chi connectivity index (χ0v) is 14.7. The van der Waals surface area contributed by atoms with Crippen LogP contribution in [0.5, 0.6) is 0 Å². The molecular weight excluding hydrogens is 361 g/mol. The molecule has 0 radical (unpaired) electrons. The van der Waals surface area contributed by atoms with Crippen LogP contribution in [0.25, 0.3) is 0 Å². The topological polar surface area (TPSA) is 67.7 Å². The van der Waals surface area contributed by atoms with Gasteiger partial charge in [0.2, 0.25) is 0 Å². The van der Waals surface area contributed by atoms with Gasteiger partial charge in [0.15, 0.2) is 10.7 Å². The number of aryl methyl sites for hydroxylation is 1. The molecule has 0 aromatic carbocycles. The van der Waals surface area contributed by atoms with Gasteiger partial charge in [-0.15, -0.1) is 0 Å². The van der Waals surface area contributed by atoms with Gasteiger partial charge in [-0.2, -0.15) is 22.6 Å². The fourth-order valence-corrected chi connectivity index (χ4v) is 4.87. The van der Waals surface area contributed by atoms with Crippen molar-refractivity contribution in [1.29, 1.82) is 0 Å². The van der Waals surface area contributed by atoms with Gasteiger partial charge in [0.25, 0.3) is 10.0 Å². The van der Waals surface area contributed by atoms with Crippen LogP contribution in [0, 0.1) is 0 Å². The Hall–Kier alpha value is -1.17. The largest absolute Gasteiger partial charge is 0.435 e. The Balaban J connectivity index is 1.71. The van der Waals surface area contributed by atoms with Gasteiger partial charge in [-0.3, -0.25) is 9.58 Å². The van der Waals surface area contributed by atoms with Crippen molar-refractivity contribution in [3.8, 4) is 0 Å². The molecule has 0 amide bonds. The Morgan fingerprint density at radius 2 is 1.76 bits per heavy atom. The van der Waals surface area contributed by atoms with E-state index in [1.54, 1.807) is 0 Å². The molecule has 0 unspecified atom stereocenters. The van der Waals surface area contributed by atoms with E-state index in [0.29, 0.717) is 38.4 Å². The molecule has 2 saturated heterocycles. The number of nitrogens with zero attached hydrogens (tertiary/aromatic N) is 4. The number of halogens is 3. The number of sulfonamides is 1. The van der Waals surface area contributed by atoms with Gasteiger partial charge < -0.3 is 4.74 Å². The molecule has 2 aliphatic heterocycles. The SMILES string of the molecule is Cn1nc(C(F)(F)F)cc1S(=O)(=O)N1CCN(C2CCOCC2)CC1. The van der Waals surface area contributed by atoms with Gasteiger partial charge in [-0.1, -0.05) is 0 Å². The first-order chi connectivity index (χ1) is 11.7. The summed E-state index contributed by atoms with van der Waals surface area (Å²) in [6.07, 6.45) is -2.83. The Labute approximate surface area is 144 Å². The third kappa shape index (κ3) is 3.83. The van der Waals surface area contributed by atoms with Crippen LogP contribution in [0.3, 0.4) is 0 Å². The molecular formula is C14H21F3N4O3S. The molecule has 1 aromatic rings. The van der Waals surface area contributed by atoms with Crippen LogP contribution < -0.4 is 0 Å². The summed E-state index contributed by atoms with van der Waals surface area (Å²) in [5.74, 6) is 0. The Morgan fingerprint density at radius 1 is 1.16 bits per heavy atom. The number of hydrogen-bond acceptors (Lipinski definition) is 5. The summed E-state index contributed by atoms with van der Waals surface area (Å²) < 4.78 is 71.0. The number of alkyl halides is 3. The van der Waals surface area contributed by atoms with Crippen molar-refractivity contribution in [2.75, 3.05) is 39.4 Å². The molecule has 0 aliphatic carbocycles. The standard InChI is InChI=1S/C14H21F3N4O3S/c1-19-13(10-12(18-19)14(15,16)17)25(22,23)21-6-4-20(5-7-21)11-2-8-24-9-3-11/h10-11H,2-9H2,1H3. The fraction of sp³-hybridized carbons (Fsp3) is 0.786. The second kappa shape index (κ2) is 6.86. The predicted molar refractivity (Wildman–Crippen MR) is 82.4 cm³/mol. The van der Waals surface area contributed by atoms with Gasteiger partial charge in [-0.25, -0.2) is 8.42 Å². The molecule has 0 saturated carbocycles. The summed E-state index contributed by atoms with van der Waals surface area (Å²) in [7, 11) is -2.80. The van der Waals surface area contributed by atoms with Gasteiger partial charge in [0.1, 0.15) is 0 Å². The van der Waals surface area contributed by atoms with E-state index < -0.39 is 26.9 Å². The molecule has 3 rings (SSSR count). The van der Waals surface area contributed by atoms with Crippen LogP contribution >= 0.6 is 0 Å². The Bertz CT molecular complexity index is 705. The normalized spacial score (nSPS) is 22.4. The molecule has 7 nitrogen and oxygen atoms in total. The predicted octanol–water partition coefficient (Wildman–Crippen LogP) is 0.924. The third-order valence-electron chi connectivity index (χ3n) is 4.71. The minimum atomic E-state index is -4.67. The summed E-state index contributed by atoms with van der Waals surface area (Å²) in [5, 5.41) is 2.86. The molecule has 25 heavy (non-hydrogen) atoms. The van der Waals surface area contributed by atoms with Gasteiger partial charge >= 0.3 is 6.18 Å². The van der Waals surface area contributed by atoms with Crippen LogP contribution in [-0.2, 0) is 28.0 Å². The highest BCUT2D eigenvalue weighted by Gasteiger charge is 2.39. The second-order valence-corrected chi connectivity index (χ2v) is 8.16. The van der Waals surface area contributed by atoms with Crippen molar-refractivity contribution in [3.05, 3.63) is 11.8 Å². The van der Waals surface area contributed by atoms with Crippen LogP contribution in [0.1, 0.15) is 18.5 Å². The van der Waals surface area contributed by atoms with Crippen LogP contribution in [0.4, 0.5) is 13.2 Å². The quantitative estimate of drug-likeness (QED) is 0.778. The van der Waals surface area contributed by atoms with E-state index in [4.69, 9.17) is 4.74 Å². The lowest BCUT2D eigenvalue weighted by Crippen LogP contribution is -2.53. The van der Waals surface area contributed by atoms with Crippen molar-refractivity contribution in [2.24, 2.45) is 7.05 Å². The molecule has 0 bridgehead atoms. The van der Waals surface area contributed by atoms with E-state index >= 15 is 0 Å². The lowest BCUT2D eigenvalue weighted by atomic mass is 10.1. The maximum absolute atomic E-state index is 12.8. The summed E-state index contributed by atoms with van der Waals surface area (Å²) in [4.78, 5) is 2.24. The van der Waals surface area contributed by atoms with Crippen molar-refractivity contribution < 1.29 is 26.3 Å². The summed E-state index contributed by atoms with van der Waals surface area (Å²) in [6, 6.07) is 0.979. The first-order valence-electron chi connectivity index (χ1n) is 8.13. The van der Waals surface area contributed by atoms with E-state index in [2.05, 4.69) is 10.00 Å². The molecule has 11 heteroatoms. The monoisotopic (exact) mass is 382 g/mol. The number of rotatable bonds is 3. The Morgan fingerprint density at radius 3 is 2.28 bits per heavy atom. The molecule has 1 aromatic heterocycles. The molecule has 2 aliphatic rings. The average Bonchev–Trinajstić information content (AvgIpc) is 2.99. The zero-order valence-electron chi connectivity index (χ0n) is 13.9. The molecule has 3 heterocycles. The van der Waals surface area contributed by atoms with Gasteiger partial charge in [-0.05, 0) is 12.8 Å². The number of hydrogen-bond donors (Lipinski definition) is 0. The highest BCUT2D eigenvalue weighted by atomic mass is 32.2. The van der Waals surface area contributed by atoms with E-state index in [9.17, 15) is 21.6 Å². The average molecular weight is 382 g/mol. The summed E-state index contributed by atoms with van der Waals surface area (Å²) >= 11 is 0. The molecule has 0 spiro atoms. The van der Waals surface area contributed by atoms with E-state index in [1.165, 1.54) is 11.4 Å². The minimum absolute atomic E-state index is 0.256. The second-order valence-electron chi connectivity index (χ2n) is 6.27. The van der Waals surface area contributed by atoms with Crippen molar-refractivity contribution >= 4 is 10.0 Å². The van der Waals surface area contributed by atoms with Crippen LogP contribution in [-0.4, -0.2) is 72.8 Å². The van der Waals surface area contributed by atoms with Crippen molar-refractivity contribution in [2.45, 2.75) is 30.1 Å². The van der Waals surface area contributed by atoms with Crippen LogP contribution in [0.15, 0.2) is 11.1 Å². The lowest BCUT2D eigenvalue weighted by molar-refractivity contribution is -0.141. The van der Waals surface area contributed by atoms with Gasteiger partial charge in [0.05, 0.1) is 0 Å². The zero-order chi connectivity index (χ0) is 18.2. The van der Waals surface area contributed by atoms with E-state index in [-0.39, 0.29) is 13.1 Å². The number of piperazine rings is 1.